The molecule has 0 unspecified atom stereocenters. The quantitative estimate of drug-likeness (QED) is 0.571. The Kier molecular flexibility index (Phi) is 5.23. The molecule has 112 valence electrons. The maximum Gasteiger partial charge on any atom is 0.339 e. The lowest BCUT2D eigenvalue weighted by Crippen LogP contribution is -2.29. The second-order valence-corrected chi connectivity index (χ2v) is 5.29. The molecule has 0 atom stereocenters. The second-order valence-electron chi connectivity index (χ2n) is 3.73. The first-order chi connectivity index (χ1) is 9.75. The summed E-state index contributed by atoms with van der Waals surface area (Å²) in [7, 11) is -4.05. The van der Waals surface area contributed by atoms with Crippen LogP contribution in [0.4, 0.5) is 0 Å². The number of benzene rings is 1. The Balaban J connectivity index is 2.96. The van der Waals surface area contributed by atoms with E-state index in [4.69, 9.17) is 20.2 Å². The number of rotatable bonds is 6. The number of nitrogens with zero attached hydrogens (tertiary/aromatic N) is 1. The van der Waals surface area contributed by atoms with Crippen molar-refractivity contribution in [2.75, 3.05) is 13.2 Å². The van der Waals surface area contributed by atoms with Crippen molar-refractivity contribution in [2.45, 2.75) is 4.90 Å². The molecule has 0 fully saturated rings. The summed E-state index contributed by atoms with van der Waals surface area (Å²) in [5.74, 6) is -2.25. The molecule has 0 saturated carbocycles. The van der Waals surface area contributed by atoms with Gasteiger partial charge in [0.1, 0.15) is 17.9 Å². The Labute approximate surface area is 120 Å². The molecule has 0 heterocycles. The Bertz CT molecular complexity index is 707. The zero-order valence-corrected chi connectivity index (χ0v) is 11.4. The minimum Gasteiger partial charge on any atom is -0.483 e. The van der Waals surface area contributed by atoms with Crippen LogP contribution in [-0.4, -0.2) is 38.6 Å². The summed E-state index contributed by atoms with van der Waals surface area (Å²) in [4.78, 5) is 21.9. The number of carbonyl (C=O) groups excluding carboxylic acids is 1. The summed E-state index contributed by atoms with van der Waals surface area (Å²) in [5.41, 5.74) is -0.449. The van der Waals surface area contributed by atoms with Gasteiger partial charge in [-0.3, -0.25) is 4.79 Å². The number of sulfonamides is 1. The van der Waals surface area contributed by atoms with Gasteiger partial charge in [-0.25, -0.2) is 18.4 Å². The molecule has 9 nitrogen and oxygen atoms in total. The van der Waals surface area contributed by atoms with Crippen LogP contribution >= 0.6 is 0 Å². The number of ether oxygens (including phenoxy) is 1. The topological polar surface area (TPSA) is 160 Å². The summed E-state index contributed by atoms with van der Waals surface area (Å²) in [6, 6.07) is 4.67. The van der Waals surface area contributed by atoms with Crippen LogP contribution in [0.15, 0.2) is 23.1 Å². The number of carboxylic acid groups (broad SMARTS) is 1. The summed E-state index contributed by atoms with van der Waals surface area (Å²) in [6.45, 7) is -0.727. The lowest BCUT2D eigenvalue weighted by molar-refractivity contribution is -0.122. The van der Waals surface area contributed by atoms with Crippen LogP contribution in [-0.2, 0) is 14.8 Å². The number of hydrogen-bond donors (Lipinski definition) is 3. The molecular formula is C11H11N3O6S. The highest BCUT2D eigenvalue weighted by molar-refractivity contribution is 7.89. The predicted octanol–water partition coefficient (Wildman–Crippen LogP) is -0.949. The van der Waals surface area contributed by atoms with Gasteiger partial charge in [0, 0.05) is 0 Å². The van der Waals surface area contributed by atoms with Gasteiger partial charge < -0.3 is 15.2 Å². The number of carboxylic acids is 1. The van der Waals surface area contributed by atoms with E-state index in [1.165, 1.54) is 0 Å². The van der Waals surface area contributed by atoms with E-state index in [0.717, 1.165) is 18.2 Å². The fourth-order valence-electron chi connectivity index (χ4n) is 1.31. The van der Waals surface area contributed by atoms with E-state index in [2.05, 4.69) is 5.32 Å². The van der Waals surface area contributed by atoms with Crippen LogP contribution in [0.1, 0.15) is 10.4 Å². The van der Waals surface area contributed by atoms with Crippen molar-refractivity contribution in [1.29, 1.82) is 5.26 Å². The van der Waals surface area contributed by atoms with Crippen LogP contribution in [0.3, 0.4) is 0 Å². The van der Waals surface area contributed by atoms with Crippen molar-refractivity contribution in [3.05, 3.63) is 23.8 Å². The Hall–Kier alpha value is -2.64. The van der Waals surface area contributed by atoms with E-state index in [0.29, 0.717) is 0 Å². The average Bonchev–Trinajstić information content (AvgIpc) is 2.41. The molecule has 1 aromatic rings. The van der Waals surface area contributed by atoms with E-state index in [1.807, 2.05) is 0 Å². The van der Waals surface area contributed by atoms with E-state index < -0.39 is 34.1 Å². The number of hydrogen-bond acceptors (Lipinski definition) is 6. The molecule has 0 saturated heterocycles. The van der Waals surface area contributed by atoms with Crippen LogP contribution in [0.5, 0.6) is 5.75 Å². The minimum atomic E-state index is -4.05. The fourth-order valence-corrected chi connectivity index (χ4v) is 1.85. The van der Waals surface area contributed by atoms with Gasteiger partial charge in [0.05, 0.1) is 11.0 Å². The van der Waals surface area contributed by atoms with Gasteiger partial charge >= 0.3 is 5.97 Å². The summed E-state index contributed by atoms with van der Waals surface area (Å²) >= 11 is 0. The SMILES string of the molecule is N#CCNC(=O)COc1ccc(S(N)(=O)=O)cc1C(=O)O. The zero-order valence-electron chi connectivity index (χ0n) is 10.6. The van der Waals surface area contributed by atoms with Gasteiger partial charge in [-0.15, -0.1) is 0 Å². The van der Waals surface area contributed by atoms with Gasteiger partial charge in [0.15, 0.2) is 6.61 Å². The number of nitriles is 1. The largest absolute Gasteiger partial charge is 0.483 e. The maximum atomic E-state index is 11.2. The molecule has 0 aliphatic heterocycles. The van der Waals surface area contributed by atoms with Crippen molar-refractivity contribution in [2.24, 2.45) is 5.14 Å². The Morgan fingerprint density at radius 3 is 2.62 bits per heavy atom. The second kappa shape index (κ2) is 6.69. The smallest absolute Gasteiger partial charge is 0.339 e. The van der Waals surface area contributed by atoms with Crippen molar-refractivity contribution in [3.8, 4) is 11.8 Å². The molecule has 1 amide bonds. The zero-order chi connectivity index (χ0) is 16.0. The number of primary sulfonamides is 1. The lowest BCUT2D eigenvalue weighted by Gasteiger charge is -2.09. The molecule has 0 bridgehead atoms. The van der Waals surface area contributed by atoms with Gasteiger partial charge in [-0.2, -0.15) is 5.26 Å². The van der Waals surface area contributed by atoms with Crippen LogP contribution < -0.4 is 15.2 Å². The normalized spacial score (nSPS) is 10.5. The number of nitrogens with two attached hydrogens (primary N) is 1. The Morgan fingerprint density at radius 1 is 1.43 bits per heavy atom. The summed E-state index contributed by atoms with van der Waals surface area (Å²) in [6.07, 6.45) is 0. The number of aromatic carboxylic acids is 1. The lowest BCUT2D eigenvalue weighted by atomic mass is 10.2. The van der Waals surface area contributed by atoms with Gasteiger partial charge in [0.2, 0.25) is 10.0 Å². The Morgan fingerprint density at radius 2 is 2.10 bits per heavy atom. The highest BCUT2D eigenvalue weighted by Crippen LogP contribution is 2.22. The molecule has 0 radical (unpaired) electrons. The van der Waals surface area contributed by atoms with Gasteiger partial charge in [0.25, 0.3) is 5.91 Å². The van der Waals surface area contributed by atoms with Crippen molar-refractivity contribution < 1.29 is 27.9 Å². The molecule has 21 heavy (non-hydrogen) atoms. The molecular weight excluding hydrogens is 302 g/mol. The monoisotopic (exact) mass is 313 g/mol. The van der Waals surface area contributed by atoms with Crippen molar-refractivity contribution in [3.63, 3.8) is 0 Å². The van der Waals surface area contributed by atoms with E-state index >= 15 is 0 Å². The van der Waals surface area contributed by atoms with Crippen LogP contribution in [0.2, 0.25) is 0 Å². The third kappa shape index (κ3) is 4.75. The first kappa shape index (κ1) is 16.4. The van der Waals surface area contributed by atoms with Crippen LogP contribution in [0, 0.1) is 11.3 Å². The molecule has 0 aliphatic rings. The number of carbonyl (C=O) groups is 2. The van der Waals surface area contributed by atoms with Crippen molar-refractivity contribution in [1.82, 2.24) is 5.32 Å². The number of nitrogens with one attached hydrogen (secondary N) is 1. The van der Waals surface area contributed by atoms with Gasteiger partial charge in [-0.1, -0.05) is 0 Å². The fraction of sp³-hybridized carbons (Fsp3) is 0.182. The predicted molar refractivity (Wildman–Crippen MR) is 68.9 cm³/mol. The summed E-state index contributed by atoms with van der Waals surface area (Å²) in [5, 5.41) is 24.4. The van der Waals surface area contributed by atoms with E-state index in [-0.39, 0.29) is 17.2 Å². The average molecular weight is 313 g/mol. The number of amides is 1. The first-order valence-electron chi connectivity index (χ1n) is 5.42. The van der Waals surface area contributed by atoms with Crippen molar-refractivity contribution >= 4 is 21.9 Å². The highest BCUT2D eigenvalue weighted by atomic mass is 32.2. The van der Waals surface area contributed by atoms with E-state index in [1.54, 1.807) is 6.07 Å². The first-order valence-corrected chi connectivity index (χ1v) is 6.97. The molecule has 1 aromatic carbocycles. The molecule has 0 aromatic heterocycles. The standard InChI is InChI=1S/C11H11N3O6S/c12-3-4-14-10(15)6-20-9-2-1-7(21(13,18)19)5-8(9)11(16)17/h1-2,5H,4,6H2,(H,14,15)(H,16,17)(H2,13,18,19). The molecule has 1 rings (SSSR count). The maximum absolute atomic E-state index is 11.2. The highest BCUT2D eigenvalue weighted by Gasteiger charge is 2.17. The van der Waals surface area contributed by atoms with Crippen LogP contribution in [0.25, 0.3) is 0 Å². The third-order valence-electron chi connectivity index (χ3n) is 2.23. The minimum absolute atomic E-state index is 0.193. The molecule has 10 heteroatoms. The molecule has 0 spiro atoms. The van der Waals surface area contributed by atoms with Gasteiger partial charge in [-0.05, 0) is 18.2 Å². The third-order valence-corrected chi connectivity index (χ3v) is 3.14. The summed E-state index contributed by atoms with van der Waals surface area (Å²) < 4.78 is 27.3. The van der Waals surface area contributed by atoms with E-state index in [9.17, 15) is 18.0 Å². The molecule has 0 aliphatic carbocycles. The molecule has 4 N–H and O–H groups in total.